The van der Waals surface area contributed by atoms with E-state index in [0.717, 1.165) is 4.88 Å². The number of thiophene rings is 1. The number of amides is 3. The van der Waals surface area contributed by atoms with Crippen molar-refractivity contribution in [3.63, 3.8) is 0 Å². The van der Waals surface area contributed by atoms with Crippen LogP contribution in [0, 0.1) is 0 Å². The monoisotopic (exact) mass is 411 g/mol. The summed E-state index contributed by atoms with van der Waals surface area (Å²) in [6, 6.07) is 12.0. The molecule has 0 bridgehead atoms. The van der Waals surface area contributed by atoms with Crippen LogP contribution < -0.4 is 10.6 Å². The highest BCUT2D eigenvalue weighted by Crippen LogP contribution is 2.28. The number of rotatable bonds is 4. The molecular formula is C21H21N3O4S. The molecule has 0 saturated carbocycles. The quantitative estimate of drug-likeness (QED) is 0.638. The van der Waals surface area contributed by atoms with Crippen molar-refractivity contribution in [2.24, 2.45) is 0 Å². The number of imide groups is 1. The van der Waals surface area contributed by atoms with Crippen LogP contribution in [0.4, 0.5) is 4.79 Å². The van der Waals surface area contributed by atoms with Gasteiger partial charge < -0.3 is 10.1 Å². The fraction of sp³-hybridized carbons (Fsp3) is 0.238. The molecule has 0 atom stereocenters. The number of hydrogen-bond donors (Lipinski definition) is 2. The predicted molar refractivity (Wildman–Crippen MR) is 112 cm³/mol. The Morgan fingerprint density at radius 2 is 1.86 bits per heavy atom. The molecule has 0 fully saturated rings. The molecule has 0 saturated heterocycles. The summed E-state index contributed by atoms with van der Waals surface area (Å²) < 4.78 is 5.15. The number of fused-ring (bicyclic) bond motifs is 1. The molecule has 3 amide bonds. The smallest absolute Gasteiger partial charge is 0.339 e. The molecule has 0 spiro atoms. The zero-order valence-corrected chi connectivity index (χ0v) is 17.1. The summed E-state index contributed by atoms with van der Waals surface area (Å²) in [6.45, 7) is 4.80. The Hall–Kier alpha value is -3.26. The van der Waals surface area contributed by atoms with Gasteiger partial charge in [0.2, 0.25) is 0 Å². The molecule has 0 aliphatic carbocycles. The summed E-state index contributed by atoms with van der Waals surface area (Å²) in [5.74, 6) is -1.37. The second-order valence-corrected chi connectivity index (χ2v) is 8.33. The van der Waals surface area contributed by atoms with Gasteiger partial charge in [-0.2, -0.15) is 0 Å². The lowest BCUT2D eigenvalue weighted by Gasteiger charge is -2.20. The van der Waals surface area contributed by atoms with E-state index in [2.05, 4.69) is 15.6 Å². The highest BCUT2D eigenvalue weighted by atomic mass is 32.1. The van der Waals surface area contributed by atoms with Gasteiger partial charge in [-0.15, -0.1) is 11.3 Å². The molecule has 150 valence electrons. The third-order valence-electron chi connectivity index (χ3n) is 3.79. The summed E-state index contributed by atoms with van der Waals surface area (Å²) in [5.41, 5.74) is 1.12. The fourth-order valence-corrected chi connectivity index (χ4v) is 3.32. The van der Waals surface area contributed by atoms with Gasteiger partial charge in [0.05, 0.1) is 21.7 Å². The Kier molecular flexibility index (Phi) is 5.93. The third-order valence-corrected chi connectivity index (χ3v) is 4.68. The van der Waals surface area contributed by atoms with Gasteiger partial charge in [0.25, 0.3) is 5.91 Å². The molecule has 3 aromatic rings. The summed E-state index contributed by atoms with van der Waals surface area (Å²) >= 11 is 1.51. The van der Waals surface area contributed by atoms with Gasteiger partial charge in [-0.3, -0.25) is 10.1 Å². The minimum atomic E-state index is -0.711. The van der Waals surface area contributed by atoms with Crippen molar-refractivity contribution in [2.75, 3.05) is 6.61 Å². The normalized spacial score (nSPS) is 11.1. The van der Waals surface area contributed by atoms with Crippen LogP contribution in [0.2, 0.25) is 0 Å². The van der Waals surface area contributed by atoms with Crippen molar-refractivity contribution >= 4 is 40.1 Å². The van der Waals surface area contributed by atoms with Gasteiger partial charge >= 0.3 is 12.0 Å². The van der Waals surface area contributed by atoms with Crippen molar-refractivity contribution in [3.8, 4) is 10.6 Å². The summed E-state index contributed by atoms with van der Waals surface area (Å²) in [4.78, 5) is 41.9. The van der Waals surface area contributed by atoms with Crippen LogP contribution in [-0.2, 0) is 9.53 Å². The van der Waals surface area contributed by atoms with Crippen molar-refractivity contribution < 1.29 is 19.1 Å². The van der Waals surface area contributed by atoms with Crippen LogP contribution in [0.5, 0.6) is 0 Å². The van der Waals surface area contributed by atoms with E-state index in [0.29, 0.717) is 22.2 Å². The Morgan fingerprint density at radius 3 is 2.55 bits per heavy atom. The first-order chi connectivity index (χ1) is 13.7. The zero-order valence-electron chi connectivity index (χ0n) is 16.3. The zero-order chi connectivity index (χ0) is 21.0. The van der Waals surface area contributed by atoms with Gasteiger partial charge in [0, 0.05) is 10.9 Å². The number of esters is 1. The van der Waals surface area contributed by atoms with E-state index >= 15 is 0 Å². The molecule has 2 heterocycles. The molecule has 0 aliphatic heterocycles. The maximum Gasteiger partial charge on any atom is 0.339 e. The van der Waals surface area contributed by atoms with E-state index in [-0.39, 0.29) is 0 Å². The van der Waals surface area contributed by atoms with Gasteiger partial charge in [0.1, 0.15) is 0 Å². The fourth-order valence-electron chi connectivity index (χ4n) is 2.64. The number of carbonyl (C=O) groups excluding carboxylic acids is 3. The lowest BCUT2D eigenvalue weighted by Crippen LogP contribution is -2.49. The maximum atomic E-state index is 12.7. The first-order valence-corrected chi connectivity index (χ1v) is 9.84. The second kappa shape index (κ2) is 8.40. The van der Waals surface area contributed by atoms with Gasteiger partial charge in [-0.25, -0.2) is 14.6 Å². The first-order valence-electron chi connectivity index (χ1n) is 8.96. The van der Waals surface area contributed by atoms with Crippen LogP contribution in [0.25, 0.3) is 21.5 Å². The van der Waals surface area contributed by atoms with Crippen LogP contribution in [0.15, 0.2) is 47.8 Å². The molecule has 29 heavy (non-hydrogen) atoms. The lowest BCUT2D eigenvalue weighted by molar-refractivity contribution is -0.123. The number of hydrogen-bond acceptors (Lipinski definition) is 6. The molecule has 2 N–H and O–H groups in total. The Bertz CT molecular complexity index is 1060. The second-order valence-electron chi connectivity index (χ2n) is 7.38. The first kappa shape index (κ1) is 20.5. The van der Waals surface area contributed by atoms with E-state index in [1.165, 1.54) is 11.3 Å². The van der Waals surface area contributed by atoms with Crippen LogP contribution in [-0.4, -0.2) is 35.0 Å². The van der Waals surface area contributed by atoms with E-state index < -0.39 is 30.1 Å². The number of nitrogens with one attached hydrogen (secondary N) is 2. The molecule has 1 aromatic carbocycles. The maximum absolute atomic E-state index is 12.7. The highest BCUT2D eigenvalue weighted by molar-refractivity contribution is 7.13. The van der Waals surface area contributed by atoms with Crippen molar-refractivity contribution in [3.05, 3.63) is 53.4 Å². The minimum absolute atomic E-state index is 0.311. The molecule has 0 unspecified atom stereocenters. The number of carbonyl (C=O) groups is 3. The molecule has 3 rings (SSSR count). The predicted octanol–water partition coefficient (Wildman–Crippen LogP) is 3.74. The summed E-state index contributed by atoms with van der Waals surface area (Å²) in [7, 11) is 0. The molecule has 0 radical (unpaired) electrons. The highest BCUT2D eigenvalue weighted by Gasteiger charge is 2.19. The Morgan fingerprint density at radius 1 is 1.10 bits per heavy atom. The molecule has 8 heteroatoms. The number of benzene rings is 1. The standard InChI is InChI=1S/C21H21N3O4S/c1-21(2,3)24-20(27)23-18(25)12-28-19(26)14-11-16(17-9-6-10-29-17)22-15-8-5-4-7-13(14)15/h4-11H,12H2,1-3H3,(H2,23,24,25,27). The van der Waals surface area contributed by atoms with Gasteiger partial charge in [-0.05, 0) is 44.4 Å². The molecule has 0 aliphatic rings. The number of ether oxygens (including phenoxy) is 1. The van der Waals surface area contributed by atoms with Crippen molar-refractivity contribution in [1.29, 1.82) is 0 Å². The summed E-state index contributed by atoms with van der Waals surface area (Å²) in [6.07, 6.45) is 0. The van der Waals surface area contributed by atoms with Crippen LogP contribution in [0.3, 0.4) is 0 Å². The lowest BCUT2D eigenvalue weighted by atomic mass is 10.1. The number of nitrogens with zero attached hydrogens (tertiary/aromatic N) is 1. The Labute approximate surface area is 172 Å². The SMILES string of the molecule is CC(C)(C)NC(=O)NC(=O)COC(=O)c1cc(-c2cccs2)nc2ccccc12. The number of urea groups is 1. The van der Waals surface area contributed by atoms with Crippen molar-refractivity contribution in [2.45, 2.75) is 26.3 Å². The number of pyridine rings is 1. The van der Waals surface area contributed by atoms with E-state index in [1.54, 1.807) is 39.0 Å². The average Bonchev–Trinajstić information content (AvgIpc) is 3.18. The van der Waals surface area contributed by atoms with Crippen LogP contribution in [0.1, 0.15) is 31.1 Å². The number of para-hydroxylation sites is 1. The molecular weight excluding hydrogens is 390 g/mol. The third kappa shape index (κ3) is 5.39. The number of aromatic nitrogens is 1. The topological polar surface area (TPSA) is 97.4 Å². The minimum Gasteiger partial charge on any atom is -0.452 e. The average molecular weight is 411 g/mol. The van der Waals surface area contributed by atoms with E-state index in [1.807, 2.05) is 29.6 Å². The van der Waals surface area contributed by atoms with Crippen LogP contribution >= 0.6 is 11.3 Å². The van der Waals surface area contributed by atoms with Gasteiger partial charge in [-0.1, -0.05) is 24.3 Å². The van der Waals surface area contributed by atoms with E-state index in [9.17, 15) is 14.4 Å². The largest absolute Gasteiger partial charge is 0.452 e. The van der Waals surface area contributed by atoms with E-state index in [4.69, 9.17) is 4.74 Å². The van der Waals surface area contributed by atoms with Crippen molar-refractivity contribution in [1.82, 2.24) is 15.6 Å². The molecule has 7 nitrogen and oxygen atoms in total. The molecule has 2 aromatic heterocycles. The Balaban J connectivity index is 1.75. The summed E-state index contributed by atoms with van der Waals surface area (Å²) in [5, 5.41) is 7.29. The van der Waals surface area contributed by atoms with Gasteiger partial charge in [0.15, 0.2) is 6.61 Å².